The summed E-state index contributed by atoms with van der Waals surface area (Å²) in [6.07, 6.45) is 13.7. The van der Waals surface area contributed by atoms with E-state index in [1.807, 2.05) is 17.9 Å². The van der Waals surface area contributed by atoms with Crippen LogP contribution < -0.4 is 4.90 Å². The fraction of sp³-hybridized carbons (Fsp3) is 0.762. The van der Waals surface area contributed by atoms with Crippen molar-refractivity contribution in [1.82, 2.24) is 24.6 Å². The van der Waals surface area contributed by atoms with Crippen LogP contribution in [0.15, 0.2) is 6.20 Å². The summed E-state index contributed by atoms with van der Waals surface area (Å²) < 4.78 is 1.92. The molecule has 3 fully saturated rings. The van der Waals surface area contributed by atoms with E-state index in [4.69, 9.17) is 9.97 Å². The molecule has 0 bridgehead atoms. The maximum atomic E-state index is 5.11. The molecular formula is C21H32N6. The lowest BCUT2D eigenvalue weighted by Crippen LogP contribution is -2.47. The molecule has 2 aliphatic heterocycles. The van der Waals surface area contributed by atoms with Crippen LogP contribution in [0.3, 0.4) is 0 Å². The van der Waals surface area contributed by atoms with Crippen LogP contribution in [-0.2, 0) is 7.05 Å². The number of nitrogens with zero attached hydrogens (tertiary/aromatic N) is 6. The van der Waals surface area contributed by atoms with E-state index in [1.54, 1.807) is 0 Å². The monoisotopic (exact) mass is 368 g/mol. The molecule has 0 atom stereocenters. The second-order valence-corrected chi connectivity index (χ2v) is 8.71. The van der Waals surface area contributed by atoms with Gasteiger partial charge in [0.05, 0.1) is 11.6 Å². The van der Waals surface area contributed by atoms with Crippen LogP contribution in [0.5, 0.6) is 0 Å². The molecule has 5 rings (SSSR count). The maximum absolute atomic E-state index is 5.11. The molecule has 3 aliphatic rings. The summed E-state index contributed by atoms with van der Waals surface area (Å²) >= 11 is 0. The van der Waals surface area contributed by atoms with Gasteiger partial charge in [-0.05, 0) is 51.6 Å². The topological polar surface area (TPSA) is 50.1 Å². The summed E-state index contributed by atoms with van der Waals surface area (Å²) in [6, 6.07) is 0.766. The standard InChI is InChI=1S/C21H32N6/c1-25-20-18(15-22-25)21(24-19(23-20)16-7-3-4-8-16)27-13-9-17(10-14-27)26-11-5-2-6-12-26/h15-17H,2-14H2,1H3. The average Bonchev–Trinajstić information content (AvgIpc) is 3.39. The number of fused-ring (bicyclic) bond motifs is 1. The van der Waals surface area contributed by atoms with Crippen molar-refractivity contribution in [2.24, 2.45) is 7.05 Å². The summed E-state index contributed by atoms with van der Waals surface area (Å²) in [5, 5.41) is 5.61. The lowest BCUT2D eigenvalue weighted by Gasteiger charge is -2.40. The van der Waals surface area contributed by atoms with Gasteiger partial charge in [-0.3, -0.25) is 4.68 Å². The fourth-order valence-electron chi connectivity index (χ4n) is 5.36. The Labute approximate surface area is 162 Å². The summed E-state index contributed by atoms with van der Waals surface area (Å²) in [5.74, 6) is 2.72. The van der Waals surface area contributed by atoms with Crippen LogP contribution in [0, 0.1) is 0 Å². The Hall–Kier alpha value is -1.69. The van der Waals surface area contributed by atoms with Gasteiger partial charge in [0.2, 0.25) is 0 Å². The smallest absolute Gasteiger partial charge is 0.163 e. The van der Waals surface area contributed by atoms with Gasteiger partial charge in [0.15, 0.2) is 5.65 Å². The van der Waals surface area contributed by atoms with Crippen LogP contribution in [-0.4, -0.2) is 56.9 Å². The van der Waals surface area contributed by atoms with Gasteiger partial charge in [-0.15, -0.1) is 0 Å². The molecule has 1 aliphatic carbocycles. The lowest BCUT2D eigenvalue weighted by atomic mass is 9.99. The number of aryl methyl sites for hydroxylation is 1. The molecule has 6 heteroatoms. The van der Waals surface area contributed by atoms with Gasteiger partial charge >= 0.3 is 0 Å². The Morgan fingerprint density at radius 1 is 0.852 bits per heavy atom. The van der Waals surface area contributed by atoms with Crippen molar-refractivity contribution < 1.29 is 0 Å². The minimum Gasteiger partial charge on any atom is -0.356 e. The van der Waals surface area contributed by atoms with Crippen molar-refractivity contribution in [1.29, 1.82) is 0 Å². The number of anilines is 1. The number of hydrogen-bond acceptors (Lipinski definition) is 5. The fourth-order valence-corrected chi connectivity index (χ4v) is 5.36. The molecule has 4 heterocycles. The van der Waals surface area contributed by atoms with Crippen molar-refractivity contribution in [2.75, 3.05) is 31.1 Å². The number of hydrogen-bond donors (Lipinski definition) is 0. The predicted molar refractivity (Wildman–Crippen MR) is 108 cm³/mol. The highest BCUT2D eigenvalue weighted by atomic mass is 15.3. The maximum Gasteiger partial charge on any atom is 0.163 e. The Morgan fingerprint density at radius 2 is 1.59 bits per heavy atom. The number of rotatable bonds is 3. The van der Waals surface area contributed by atoms with E-state index in [1.165, 1.54) is 70.9 Å². The molecule has 0 amide bonds. The molecule has 27 heavy (non-hydrogen) atoms. The summed E-state index contributed by atoms with van der Waals surface area (Å²) in [6.45, 7) is 4.81. The van der Waals surface area contributed by atoms with Crippen LogP contribution in [0.25, 0.3) is 11.0 Å². The normalized spacial score (nSPS) is 23.5. The van der Waals surface area contributed by atoms with E-state index < -0.39 is 0 Å². The van der Waals surface area contributed by atoms with Crippen LogP contribution in [0.2, 0.25) is 0 Å². The molecule has 6 nitrogen and oxygen atoms in total. The third-order valence-electron chi connectivity index (χ3n) is 6.98. The molecular weight excluding hydrogens is 336 g/mol. The van der Waals surface area contributed by atoms with Crippen molar-refractivity contribution >= 4 is 16.9 Å². The van der Waals surface area contributed by atoms with Gasteiger partial charge in [0.25, 0.3) is 0 Å². The molecule has 1 saturated carbocycles. The minimum absolute atomic E-state index is 0.536. The second-order valence-electron chi connectivity index (χ2n) is 8.71. The van der Waals surface area contributed by atoms with Crippen molar-refractivity contribution in [3.05, 3.63) is 12.0 Å². The Kier molecular flexibility index (Phi) is 4.76. The molecule has 0 radical (unpaired) electrons. The molecule has 0 aromatic carbocycles. The number of aromatic nitrogens is 4. The van der Waals surface area contributed by atoms with E-state index >= 15 is 0 Å². The Balaban J connectivity index is 1.39. The average molecular weight is 369 g/mol. The third kappa shape index (κ3) is 3.33. The summed E-state index contributed by atoms with van der Waals surface area (Å²) in [7, 11) is 2.00. The van der Waals surface area contributed by atoms with Crippen LogP contribution in [0.4, 0.5) is 5.82 Å². The van der Waals surface area contributed by atoms with E-state index in [9.17, 15) is 0 Å². The zero-order chi connectivity index (χ0) is 18.2. The molecule has 2 aromatic heterocycles. The highest BCUT2D eigenvalue weighted by Gasteiger charge is 2.29. The van der Waals surface area contributed by atoms with Crippen molar-refractivity contribution in [3.8, 4) is 0 Å². The van der Waals surface area contributed by atoms with E-state index in [2.05, 4.69) is 14.9 Å². The SMILES string of the molecule is Cn1ncc2c(N3CCC(N4CCCCC4)CC3)nc(C3CCCC3)nc21. The molecule has 2 aromatic rings. The zero-order valence-corrected chi connectivity index (χ0v) is 16.6. The number of piperidine rings is 2. The zero-order valence-electron chi connectivity index (χ0n) is 16.6. The molecule has 2 saturated heterocycles. The molecule has 0 spiro atoms. The van der Waals surface area contributed by atoms with E-state index in [0.717, 1.165) is 41.8 Å². The first-order chi connectivity index (χ1) is 13.3. The van der Waals surface area contributed by atoms with Gasteiger partial charge in [-0.2, -0.15) is 5.10 Å². The first-order valence-electron chi connectivity index (χ1n) is 11.0. The van der Waals surface area contributed by atoms with Gasteiger partial charge in [0, 0.05) is 32.1 Å². The van der Waals surface area contributed by atoms with E-state index in [-0.39, 0.29) is 0 Å². The van der Waals surface area contributed by atoms with Gasteiger partial charge in [0.1, 0.15) is 11.6 Å². The van der Waals surface area contributed by atoms with Gasteiger partial charge in [-0.1, -0.05) is 19.3 Å². The molecule has 146 valence electrons. The lowest BCUT2D eigenvalue weighted by molar-refractivity contribution is 0.141. The molecule has 0 unspecified atom stereocenters. The van der Waals surface area contributed by atoms with Crippen molar-refractivity contribution in [2.45, 2.75) is 69.7 Å². The number of likely N-dealkylation sites (tertiary alicyclic amines) is 1. The Morgan fingerprint density at radius 3 is 2.33 bits per heavy atom. The second kappa shape index (κ2) is 7.38. The largest absolute Gasteiger partial charge is 0.356 e. The minimum atomic E-state index is 0.536. The first kappa shape index (κ1) is 17.4. The predicted octanol–water partition coefficient (Wildman–Crippen LogP) is 3.48. The quantitative estimate of drug-likeness (QED) is 0.830. The molecule has 0 N–H and O–H groups in total. The van der Waals surface area contributed by atoms with Gasteiger partial charge in [-0.25, -0.2) is 9.97 Å². The summed E-state index contributed by atoms with van der Waals surface area (Å²) in [5.41, 5.74) is 1.00. The summed E-state index contributed by atoms with van der Waals surface area (Å²) in [4.78, 5) is 15.3. The third-order valence-corrected chi connectivity index (χ3v) is 6.98. The van der Waals surface area contributed by atoms with Gasteiger partial charge < -0.3 is 9.80 Å². The highest BCUT2D eigenvalue weighted by molar-refractivity contribution is 5.87. The highest BCUT2D eigenvalue weighted by Crippen LogP contribution is 2.35. The Bertz CT molecular complexity index is 779. The first-order valence-corrected chi connectivity index (χ1v) is 11.0. The van der Waals surface area contributed by atoms with Crippen molar-refractivity contribution in [3.63, 3.8) is 0 Å². The van der Waals surface area contributed by atoms with E-state index in [0.29, 0.717) is 5.92 Å². The van der Waals surface area contributed by atoms with Crippen LogP contribution in [0.1, 0.15) is 69.5 Å². The van der Waals surface area contributed by atoms with Crippen LogP contribution >= 0.6 is 0 Å².